The molecule has 0 spiro atoms. The van der Waals surface area contributed by atoms with Gasteiger partial charge in [0, 0.05) is 0 Å². The zero-order valence-electron chi connectivity index (χ0n) is 7.97. The van der Waals surface area contributed by atoms with E-state index < -0.39 is 11.7 Å². The summed E-state index contributed by atoms with van der Waals surface area (Å²) in [5, 5.41) is 6.23. The fourth-order valence-electron chi connectivity index (χ4n) is 1.79. The van der Waals surface area contributed by atoms with Crippen molar-refractivity contribution < 1.29 is 17.7 Å². The average Bonchev–Trinajstić information content (AvgIpc) is 2.67. The number of alkyl halides is 3. The van der Waals surface area contributed by atoms with Crippen molar-refractivity contribution in [3.63, 3.8) is 0 Å². The number of nitrogens with one attached hydrogen (secondary N) is 1. The Bertz CT molecular complexity index is 328. The Morgan fingerprint density at radius 2 is 2.20 bits per heavy atom. The number of hydrogen-bond donors (Lipinski definition) is 1. The lowest BCUT2D eigenvalue weighted by molar-refractivity contribution is -0.139. The molecule has 0 bridgehead atoms. The summed E-state index contributed by atoms with van der Waals surface area (Å²) in [7, 11) is 0. The van der Waals surface area contributed by atoms with Gasteiger partial charge in [-0.1, -0.05) is 11.6 Å². The van der Waals surface area contributed by atoms with Crippen LogP contribution in [0.4, 0.5) is 13.2 Å². The monoisotopic (exact) mass is 220 g/mol. The van der Waals surface area contributed by atoms with Crippen LogP contribution in [0.25, 0.3) is 0 Å². The first kappa shape index (κ1) is 10.5. The molecule has 0 aromatic carbocycles. The van der Waals surface area contributed by atoms with Crippen LogP contribution in [0.5, 0.6) is 0 Å². The lowest BCUT2D eigenvalue weighted by Gasteiger charge is -2.22. The van der Waals surface area contributed by atoms with Crippen LogP contribution in [-0.4, -0.2) is 11.7 Å². The highest BCUT2D eigenvalue weighted by molar-refractivity contribution is 5.20. The number of nitrogens with zero attached hydrogens (tertiary/aromatic N) is 1. The quantitative estimate of drug-likeness (QED) is 0.790. The van der Waals surface area contributed by atoms with Crippen molar-refractivity contribution in [1.29, 1.82) is 0 Å². The Hall–Kier alpha value is -1.04. The lowest BCUT2D eigenvalue weighted by atomic mass is 10.0. The van der Waals surface area contributed by atoms with Crippen LogP contribution >= 0.6 is 0 Å². The predicted molar refractivity (Wildman–Crippen MR) is 46.1 cm³/mol. The van der Waals surface area contributed by atoms with Gasteiger partial charge in [0.1, 0.15) is 5.56 Å². The Morgan fingerprint density at radius 3 is 2.80 bits per heavy atom. The summed E-state index contributed by atoms with van der Waals surface area (Å²) in [5.41, 5.74) is -0.762. The maximum atomic E-state index is 12.5. The molecule has 1 saturated heterocycles. The molecule has 1 aliphatic heterocycles. The topological polar surface area (TPSA) is 38.1 Å². The standard InChI is InChI=1S/C9H11F3N2O/c10-9(11,12)6-5-14-15-8(6)7-3-1-2-4-13-7/h5,7,13H,1-4H2. The van der Waals surface area contributed by atoms with E-state index in [9.17, 15) is 13.2 Å². The van der Waals surface area contributed by atoms with Crippen molar-refractivity contribution in [3.05, 3.63) is 17.5 Å². The van der Waals surface area contributed by atoms with Crippen molar-refractivity contribution >= 4 is 0 Å². The van der Waals surface area contributed by atoms with Crippen LogP contribution in [0, 0.1) is 0 Å². The molecule has 1 aliphatic rings. The fourth-order valence-corrected chi connectivity index (χ4v) is 1.79. The van der Waals surface area contributed by atoms with E-state index >= 15 is 0 Å². The minimum absolute atomic E-state index is 0.0813. The van der Waals surface area contributed by atoms with Crippen LogP contribution in [0.2, 0.25) is 0 Å². The largest absolute Gasteiger partial charge is 0.421 e. The molecule has 0 amide bonds. The molecule has 15 heavy (non-hydrogen) atoms. The Kier molecular flexibility index (Phi) is 2.68. The molecule has 0 aliphatic carbocycles. The maximum absolute atomic E-state index is 12.5. The third-order valence-electron chi connectivity index (χ3n) is 2.53. The van der Waals surface area contributed by atoms with Gasteiger partial charge < -0.3 is 9.84 Å². The van der Waals surface area contributed by atoms with Crippen LogP contribution in [0.3, 0.4) is 0 Å². The van der Waals surface area contributed by atoms with Crippen molar-refractivity contribution in [2.24, 2.45) is 0 Å². The highest BCUT2D eigenvalue weighted by Crippen LogP contribution is 2.36. The van der Waals surface area contributed by atoms with E-state index in [0.29, 0.717) is 6.42 Å². The van der Waals surface area contributed by atoms with E-state index in [-0.39, 0.29) is 11.8 Å². The SMILES string of the molecule is FC(F)(F)c1cnoc1C1CCCCN1. The average molecular weight is 220 g/mol. The predicted octanol–water partition coefficient (Wildman–Crippen LogP) is 2.51. The van der Waals surface area contributed by atoms with Crippen LogP contribution in [0.15, 0.2) is 10.7 Å². The van der Waals surface area contributed by atoms with Gasteiger partial charge in [-0.3, -0.25) is 0 Å². The number of aromatic nitrogens is 1. The molecule has 84 valence electrons. The zero-order chi connectivity index (χ0) is 10.9. The van der Waals surface area contributed by atoms with Crippen molar-refractivity contribution in [2.75, 3.05) is 6.54 Å². The van der Waals surface area contributed by atoms with E-state index in [2.05, 4.69) is 10.5 Å². The molecule has 0 saturated carbocycles. The molecule has 6 heteroatoms. The van der Waals surface area contributed by atoms with Crippen molar-refractivity contribution in [2.45, 2.75) is 31.5 Å². The van der Waals surface area contributed by atoms with Crippen molar-refractivity contribution in [3.8, 4) is 0 Å². The molecular weight excluding hydrogens is 209 g/mol. The summed E-state index contributed by atoms with van der Waals surface area (Å²) in [6.45, 7) is 0.725. The summed E-state index contributed by atoms with van der Waals surface area (Å²) in [4.78, 5) is 0. The van der Waals surface area contributed by atoms with E-state index in [1.54, 1.807) is 0 Å². The van der Waals surface area contributed by atoms with E-state index in [1.807, 2.05) is 0 Å². The molecule has 1 atom stereocenters. The second kappa shape index (κ2) is 3.84. The maximum Gasteiger partial charge on any atom is 0.421 e. The van der Waals surface area contributed by atoms with Crippen molar-refractivity contribution in [1.82, 2.24) is 10.5 Å². The third-order valence-corrected chi connectivity index (χ3v) is 2.53. The molecule has 1 N–H and O–H groups in total. The summed E-state index contributed by atoms with van der Waals surface area (Å²) in [6, 6.07) is -0.349. The molecule has 1 unspecified atom stereocenters. The second-order valence-corrected chi connectivity index (χ2v) is 3.60. The van der Waals surface area contributed by atoms with Crippen LogP contribution < -0.4 is 5.32 Å². The summed E-state index contributed by atoms with van der Waals surface area (Å²) in [6.07, 6.45) is -1.07. The number of hydrogen-bond acceptors (Lipinski definition) is 3. The molecule has 2 heterocycles. The normalized spacial score (nSPS) is 23.0. The van der Waals surface area contributed by atoms with Gasteiger partial charge in [0.25, 0.3) is 0 Å². The van der Waals surface area contributed by atoms with E-state index in [1.165, 1.54) is 0 Å². The molecule has 1 fully saturated rings. The van der Waals surface area contributed by atoms with Gasteiger partial charge in [-0.2, -0.15) is 13.2 Å². The molecule has 1 aromatic rings. The van der Waals surface area contributed by atoms with Crippen LogP contribution in [-0.2, 0) is 6.18 Å². The molecular formula is C9H11F3N2O. The second-order valence-electron chi connectivity index (χ2n) is 3.60. The Labute approximate surface area is 84.6 Å². The van der Waals surface area contributed by atoms with Gasteiger partial charge in [-0.25, -0.2) is 0 Å². The third kappa shape index (κ3) is 2.14. The lowest BCUT2D eigenvalue weighted by Crippen LogP contribution is -2.28. The summed E-state index contributed by atoms with van der Waals surface area (Å²) in [5.74, 6) is -0.0813. The van der Waals surface area contributed by atoms with Gasteiger partial charge in [0.2, 0.25) is 0 Å². The minimum atomic E-state index is -4.38. The smallest absolute Gasteiger partial charge is 0.359 e. The first-order valence-corrected chi connectivity index (χ1v) is 4.84. The highest BCUT2D eigenvalue weighted by Gasteiger charge is 2.39. The minimum Gasteiger partial charge on any atom is -0.359 e. The molecule has 2 rings (SSSR count). The van der Waals surface area contributed by atoms with Gasteiger partial charge in [0.15, 0.2) is 5.76 Å². The first-order chi connectivity index (χ1) is 7.09. The molecule has 0 radical (unpaired) electrons. The van der Waals surface area contributed by atoms with Gasteiger partial charge in [0.05, 0.1) is 12.2 Å². The molecule has 1 aromatic heterocycles. The summed E-state index contributed by atoms with van der Waals surface area (Å²) < 4.78 is 42.2. The number of piperidine rings is 1. The van der Waals surface area contributed by atoms with Crippen LogP contribution in [0.1, 0.15) is 36.6 Å². The first-order valence-electron chi connectivity index (χ1n) is 4.84. The number of halogens is 3. The Morgan fingerprint density at radius 1 is 1.40 bits per heavy atom. The van der Waals surface area contributed by atoms with Gasteiger partial charge >= 0.3 is 6.18 Å². The molecule has 3 nitrogen and oxygen atoms in total. The Balaban J connectivity index is 2.24. The number of rotatable bonds is 1. The van der Waals surface area contributed by atoms with E-state index in [4.69, 9.17) is 4.52 Å². The highest BCUT2D eigenvalue weighted by atomic mass is 19.4. The summed E-state index contributed by atoms with van der Waals surface area (Å²) >= 11 is 0. The van der Waals surface area contributed by atoms with Gasteiger partial charge in [-0.05, 0) is 19.4 Å². The zero-order valence-corrected chi connectivity index (χ0v) is 7.97. The fraction of sp³-hybridized carbons (Fsp3) is 0.667. The van der Waals surface area contributed by atoms with E-state index in [0.717, 1.165) is 25.6 Å². The van der Waals surface area contributed by atoms with Gasteiger partial charge in [-0.15, -0.1) is 0 Å².